The van der Waals surface area contributed by atoms with Crippen molar-refractivity contribution in [1.29, 1.82) is 0 Å². The first-order chi connectivity index (χ1) is 12.6. The van der Waals surface area contributed by atoms with E-state index in [2.05, 4.69) is 15.2 Å². The summed E-state index contributed by atoms with van der Waals surface area (Å²) >= 11 is 0. The summed E-state index contributed by atoms with van der Waals surface area (Å²) in [5.41, 5.74) is 1.26. The van der Waals surface area contributed by atoms with Crippen LogP contribution in [0.4, 0.5) is 4.39 Å². The smallest absolute Gasteiger partial charge is 0.308 e. The summed E-state index contributed by atoms with van der Waals surface area (Å²) in [6, 6.07) is 6.89. The number of ether oxygens (including phenoxy) is 1. The molecule has 1 saturated carbocycles. The van der Waals surface area contributed by atoms with Gasteiger partial charge in [0.05, 0.1) is 13.0 Å². The Labute approximate surface area is 177 Å². The predicted molar refractivity (Wildman–Crippen MR) is 115 cm³/mol. The van der Waals surface area contributed by atoms with Gasteiger partial charge in [-0.05, 0) is 43.4 Å². The van der Waals surface area contributed by atoms with Gasteiger partial charge in [-0.15, -0.1) is 24.0 Å². The lowest BCUT2D eigenvalue weighted by molar-refractivity contribution is -0.146. The van der Waals surface area contributed by atoms with Crippen molar-refractivity contribution in [2.75, 3.05) is 33.8 Å². The first kappa shape index (κ1) is 21.9. The minimum atomic E-state index is -0.194. The fourth-order valence-electron chi connectivity index (χ4n) is 4.05. The van der Waals surface area contributed by atoms with Crippen LogP contribution in [-0.4, -0.2) is 50.6 Å². The maximum absolute atomic E-state index is 13.2. The standard InChI is InChI=1S/C20H28FN3O2.HI/c1-22-19(24-12-8-15(9-13-24)18(25)26-2)23-14-20(10-3-11-20)16-4-6-17(21)7-5-16;/h4-7,15H,3,8-14H2,1-2H3,(H,22,23);1H. The second-order valence-corrected chi connectivity index (χ2v) is 7.33. The molecule has 1 aromatic rings. The molecule has 5 nitrogen and oxygen atoms in total. The summed E-state index contributed by atoms with van der Waals surface area (Å²) in [6.45, 7) is 2.38. The Kier molecular flexibility index (Phi) is 7.88. The molecule has 27 heavy (non-hydrogen) atoms. The molecule has 3 rings (SSSR count). The van der Waals surface area contributed by atoms with Gasteiger partial charge in [0.2, 0.25) is 0 Å². The zero-order valence-electron chi connectivity index (χ0n) is 16.0. The minimum absolute atomic E-state index is 0. The number of methoxy groups -OCH3 is 1. The zero-order valence-corrected chi connectivity index (χ0v) is 18.4. The average molecular weight is 489 g/mol. The van der Waals surface area contributed by atoms with Crippen molar-refractivity contribution in [1.82, 2.24) is 10.2 Å². The summed E-state index contributed by atoms with van der Waals surface area (Å²) in [5, 5.41) is 3.52. The predicted octanol–water partition coefficient (Wildman–Crippen LogP) is 3.33. The molecule has 0 radical (unpaired) electrons. The largest absolute Gasteiger partial charge is 0.469 e. The molecule has 2 fully saturated rings. The van der Waals surface area contributed by atoms with E-state index in [1.54, 1.807) is 19.2 Å². The third kappa shape index (κ3) is 4.92. The van der Waals surface area contributed by atoms with Crippen molar-refractivity contribution in [3.63, 3.8) is 0 Å². The number of nitrogens with zero attached hydrogens (tertiary/aromatic N) is 2. The van der Waals surface area contributed by atoms with Crippen LogP contribution < -0.4 is 5.32 Å². The van der Waals surface area contributed by atoms with Crippen LogP contribution in [0.5, 0.6) is 0 Å². The number of hydrogen-bond acceptors (Lipinski definition) is 3. The second kappa shape index (κ2) is 9.71. The Morgan fingerprint density at radius 3 is 2.41 bits per heavy atom. The van der Waals surface area contributed by atoms with Crippen molar-refractivity contribution in [3.05, 3.63) is 35.6 Å². The van der Waals surface area contributed by atoms with E-state index in [9.17, 15) is 9.18 Å². The normalized spacial score (nSPS) is 19.7. The number of piperidine rings is 1. The highest BCUT2D eigenvalue weighted by molar-refractivity contribution is 14.0. The van der Waals surface area contributed by atoms with Gasteiger partial charge in [-0.25, -0.2) is 4.39 Å². The van der Waals surface area contributed by atoms with Crippen molar-refractivity contribution < 1.29 is 13.9 Å². The maximum Gasteiger partial charge on any atom is 0.308 e. The van der Waals surface area contributed by atoms with Gasteiger partial charge in [0, 0.05) is 32.1 Å². The molecule has 1 aromatic carbocycles. The fourth-order valence-corrected chi connectivity index (χ4v) is 4.05. The molecule has 0 aromatic heterocycles. The van der Waals surface area contributed by atoms with Crippen LogP contribution >= 0.6 is 24.0 Å². The summed E-state index contributed by atoms with van der Waals surface area (Å²) in [5.74, 6) is 0.561. The molecule has 7 heteroatoms. The fraction of sp³-hybridized carbons (Fsp3) is 0.600. The Morgan fingerprint density at radius 1 is 1.30 bits per heavy atom. The minimum Gasteiger partial charge on any atom is -0.469 e. The van der Waals surface area contributed by atoms with Crippen molar-refractivity contribution >= 4 is 35.9 Å². The summed E-state index contributed by atoms with van der Waals surface area (Å²) in [7, 11) is 3.24. The lowest BCUT2D eigenvalue weighted by Gasteiger charge is -2.44. The third-order valence-electron chi connectivity index (χ3n) is 5.89. The lowest BCUT2D eigenvalue weighted by Crippen LogP contribution is -2.52. The number of hydrogen-bond donors (Lipinski definition) is 1. The summed E-state index contributed by atoms with van der Waals surface area (Å²) in [6.07, 6.45) is 4.98. The number of carbonyl (C=O) groups is 1. The molecule has 0 spiro atoms. The molecule has 2 aliphatic rings. The average Bonchev–Trinajstić information content (AvgIpc) is 2.65. The molecule has 150 valence electrons. The molecule has 0 bridgehead atoms. The van der Waals surface area contributed by atoms with Crippen LogP contribution in [0.15, 0.2) is 29.3 Å². The van der Waals surface area contributed by atoms with Gasteiger partial charge in [-0.3, -0.25) is 9.79 Å². The number of nitrogens with one attached hydrogen (secondary N) is 1. The molecule has 1 heterocycles. The highest BCUT2D eigenvalue weighted by Gasteiger charge is 2.39. The van der Waals surface area contributed by atoms with Crippen LogP contribution in [0, 0.1) is 11.7 Å². The van der Waals surface area contributed by atoms with Crippen LogP contribution in [0.2, 0.25) is 0 Å². The van der Waals surface area contributed by atoms with Gasteiger partial charge < -0.3 is 15.0 Å². The van der Waals surface area contributed by atoms with E-state index in [-0.39, 0.29) is 47.1 Å². The van der Waals surface area contributed by atoms with Crippen molar-refractivity contribution in [2.45, 2.75) is 37.5 Å². The zero-order chi connectivity index (χ0) is 18.6. The monoisotopic (exact) mass is 489 g/mol. The van der Waals surface area contributed by atoms with E-state index in [1.165, 1.54) is 19.1 Å². The van der Waals surface area contributed by atoms with Gasteiger partial charge in [0.25, 0.3) is 0 Å². The molecule has 0 unspecified atom stereocenters. The Hall–Kier alpha value is -1.38. The molecular formula is C20H29FIN3O2. The molecular weight excluding hydrogens is 460 g/mol. The summed E-state index contributed by atoms with van der Waals surface area (Å²) in [4.78, 5) is 18.3. The number of guanidine groups is 1. The molecule has 0 amide bonds. The Morgan fingerprint density at radius 2 is 1.93 bits per heavy atom. The highest BCUT2D eigenvalue weighted by atomic mass is 127. The molecule has 1 aliphatic heterocycles. The second-order valence-electron chi connectivity index (χ2n) is 7.33. The van der Waals surface area contributed by atoms with Crippen LogP contribution in [0.3, 0.4) is 0 Å². The van der Waals surface area contributed by atoms with E-state index < -0.39 is 0 Å². The number of esters is 1. The Balaban J connectivity index is 0.00000261. The van der Waals surface area contributed by atoms with Gasteiger partial charge >= 0.3 is 5.97 Å². The molecule has 1 aliphatic carbocycles. The molecule has 1 N–H and O–H groups in total. The quantitative estimate of drug-likeness (QED) is 0.305. The van der Waals surface area contributed by atoms with Crippen molar-refractivity contribution in [2.24, 2.45) is 10.9 Å². The Bertz CT molecular complexity index is 654. The summed E-state index contributed by atoms with van der Waals surface area (Å²) < 4.78 is 18.1. The topological polar surface area (TPSA) is 53.9 Å². The number of halogens is 2. The highest BCUT2D eigenvalue weighted by Crippen LogP contribution is 2.43. The van der Waals surface area contributed by atoms with Crippen LogP contribution in [-0.2, 0) is 14.9 Å². The van der Waals surface area contributed by atoms with E-state index in [0.717, 1.165) is 51.3 Å². The van der Waals surface area contributed by atoms with E-state index >= 15 is 0 Å². The molecule has 0 atom stereocenters. The third-order valence-corrected chi connectivity index (χ3v) is 5.89. The first-order valence-corrected chi connectivity index (χ1v) is 9.37. The van der Waals surface area contributed by atoms with E-state index in [1.807, 2.05) is 12.1 Å². The molecule has 1 saturated heterocycles. The number of rotatable bonds is 4. The number of aliphatic imine (C=N–C) groups is 1. The first-order valence-electron chi connectivity index (χ1n) is 9.37. The van der Waals surface area contributed by atoms with E-state index in [0.29, 0.717) is 0 Å². The number of benzene rings is 1. The van der Waals surface area contributed by atoms with Gasteiger partial charge in [-0.1, -0.05) is 18.6 Å². The van der Waals surface area contributed by atoms with Gasteiger partial charge in [0.15, 0.2) is 5.96 Å². The van der Waals surface area contributed by atoms with Gasteiger partial charge in [-0.2, -0.15) is 0 Å². The van der Waals surface area contributed by atoms with E-state index in [4.69, 9.17) is 4.74 Å². The number of likely N-dealkylation sites (tertiary alicyclic amines) is 1. The number of carbonyl (C=O) groups excluding carboxylic acids is 1. The van der Waals surface area contributed by atoms with Crippen LogP contribution in [0.25, 0.3) is 0 Å². The SMILES string of the molecule is CN=C(NCC1(c2ccc(F)cc2)CCC1)N1CCC(C(=O)OC)CC1.I. The van der Waals surface area contributed by atoms with Crippen LogP contribution in [0.1, 0.15) is 37.7 Å². The van der Waals surface area contributed by atoms with Crippen molar-refractivity contribution in [3.8, 4) is 0 Å². The maximum atomic E-state index is 13.2. The van der Waals surface area contributed by atoms with Gasteiger partial charge in [0.1, 0.15) is 5.82 Å². The lowest BCUT2D eigenvalue weighted by atomic mass is 9.64.